The zero-order chi connectivity index (χ0) is 19.7. The summed E-state index contributed by atoms with van der Waals surface area (Å²) in [4.78, 5) is 12.5. The molecule has 0 fully saturated rings. The van der Waals surface area contributed by atoms with Crippen molar-refractivity contribution in [3.8, 4) is 11.1 Å². The fourth-order valence-corrected chi connectivity index (χ4v) is 3.78. The van der Waals surface area contributed by atoms with Crippen LogP contribution >= 0.6 is 0 Å². The third-order valence-electron chi connectivity index (χ3n) is 5.42. The lowest BCUT2D eigenvalue weighted by Gasteiger charge is -2.08. The minimum absolute atomic E-state index is 0.258. The highest BCUT2D eigenvalue weighted by Crippen LogP contribution is 2.34. The zero-order valence-corrected chi connectivity index (χ0v) is 16.2. The number of benzene rings is 2. The second-order valence-corrected chi connectivity index (χ2v) is 7.30. The van der Waals surface area contributed by atoms with Crippen molar-refractivity contribution in [2.75, 3.05) is 0 Å². The molecule has 0 aliphatic rings. The second-order valence-electron chi connectivity index (χ2n) is 7.30. The number of hydrogen-bond acceptors (Lipinski definition) is 3. The highest BCUT2D eigenvalue weighted by Gasteiger charge is 2.15. The average molecular weight is 378 g/mol. The summed E-state index contributed by atoms with van der Waals surface area (Å²) in [7, 11) is 0. The van der Waals surface area contributed by atoms with Crippen molar-refractivity contribution >= 4 is 21.9 Å². The first-order valence-electron chi connectivity index (χ1n) is 9.82. The maximum atomic E-state index is 13.3. The van der Waals surface area contributed by atoms with E-state index in [-0.39, 0.29) is 11.4 Å². The SMILES string of the molecule is CCCCCCc1c(C)c2cc3c(-c4ccc(F)cc4)coc3cc2oc1=O. The van der Waals surface area contributed by atoms with E-state index in [4.69, 9.17) is 8.83 Å². The number of furan rings is 1. The number of hydrogen-bond donors (Lipinski definition) is 0. The smallest absolute Gasteiger partial charge is 0.339 e. The molecule has 0 saturated carbocycles. The van der Waals surface area contributed by atoms with Gasteiger partial charge in [0.15, 0.2) is 0 Å². The fourth-order valence-electron chi connectivity index (χ4n) is 3.78. The molecule has 0 unspecified atom stereocenters. The predicted molar refractivity (Wildman–Crippen MR) is 110 cm³/mol. The van der Waals surface area contributed by atoms with E-state index < -0.39 is 0 Å². The molecule has 2 aromatic heterocycles. The van der Waals surface area contributed by atoms with Gasteiger partial charge in [-0.3, -0.25) is 0 Å². The molecule has 2 aromatic carbocycles. The number of fused-ring (bicyclic) bond motifs is 2. The van der Waals surface area contributed by atoms with Crippen LogP contribution in [0.15, 0.2) is 56.3 Å². The average Bonchev–Trinajstić information content (AvgIpc) is 3.09. The van der Waals surface area contributed by atoms with Gasteiger partial charge in [-0.25, -0.2) is 9.18 Å². The van der Waals surface area contributed by atoms with Crippen molar-refractivity contribution < 1.29 is 13.2 Å². The van der Waals surface area contributed by atoms with E-state index in [2.05, 4.69) is 6.92 Å². The molecule has 0 spiro atoms. The van der Waals surface area contributed by atoms with Crippen LogP contribution in [-0.4, -0.2) is 0 Å². The van der Waals surface area contributed by atoms with Gasteiger partial charge in [0.05, 0.1) is 6.26 Å². The molecule has 3 nitrogen and oxygen atoms in total. The van der Waals surface area contributed by atoms with Gasteiger partial charge in [-0.05, 0) is 49.1 Å². The lowest BCUT2D eigenvalue weighted by atomic mass is 9.98. The minimum Gasteiger partial charge on any atom is -0.464 e. The van der Waals surface area contributed by atoms with Gasteiger partial charge in [-0.15, -0.1) is 0 Å². The first-order valence-corrected chi connectivity index (χ1v) is 9.82. The molecule has 4 aromatic rings. The molecule has 0 saturated heterocycles. The molecule has 144 valence electrons. The summed E-state index contributed by atoms with van der Waals surface area (Å²) in [6.07, 6.45) is 6.83. The summed E-state index contributed by atoms with van der Waals surface area (Å²) in [5.41, 5.74) is 4.43. The van der Waals surface area contributed by atoms with Crippen molar-refractivity contribution in [1.29, 1.82) is 0 Å². The van der Waals surface area contributed by atoms with Crippen LogP contribution in [0.5, 0.6) is 0 Å². The first kappa shape index (κ1) is 18.5. The Morgan fingerprint density at radius 3 is 2.50 bits per heavy atom. The van der Waals surface area contributed by atoms with Crippen molar-refractivity contribution in [3.63, 3.8) is 0 Å². The Morgan fingerprint density at radius 1 is 0.964 bits per heavy atom. The van der Waals surface area contributed by atoms with Crippen LogP contribution in [0, 0.1) is 12.7 Å². The van der Waals surface area contributed by atoms with E-state index in [1.165, 1.54) is 18.6 Å². The Kier molecular flexibility index (Phi) is 5.03. The van der Waals surface area contributed by atoms with Crippen molar-refractivity contribution in [2.45, 2.75) is 46.0 Å². The van der Waals surface area contributed by atoms with Crippen molar-refractivity contribution in [2.24, 2.45) is 0 Å². The van der Waals surface area contributed by atoms with E-state index in [9.17, 15) is 9.18 Å². The van der Waals surface area contributed by atoms with E-state index in [1.807, 2.05) is 13.0 Å². The van der Waals surface area contributed by atoms with Gasteiger partial charge >= 0.3 is 5.63 Å². The van der Waals surface area contributed by atoms with E-state index in [1.54, 1.807) is 24.5 Å². The maximum absolute atomic E-state index is 13.3. The molecule has 4 heteroatoms. The molecule has 0 N–H and O–H groups in total. The van der Waals surface area contributed by atoms with Crippen LogP contribution in [0.2, 0.25) is 0 Å². The highest BCUT2D eigenvalue weighted by molar-refractivity contribution is 6.02. The van der Waals surface area contributed by atoms with E-state index in [0.717, 1.165) is 58.7 Å². The lowest BCUT2D eigenvalue weighted by Crippen LogP contribution is -2.10. The van der Waals surface area contributed by atoms with E-state index >= 15 is 0 Å². The minimum atomic E-state index is -0.271. The van der Waals surface area contributed by atoms with Gasteiger partial charge in [-0.1, -0.05) is 38.3 Å². The van der Waals surface area contributed by atoms with Gasteiger partial charge < -0.3 is 8.83 Å². The number of rotatable bonds is 6. The van der Waals surface area contributed by atoms with Crippen LogP contribution in [0.4, 0.5) is 4.39 Å². The Balaban J connectivity index is 1.82. The van der Waals surface area contributed by atoms with Gasteiger partial charge in [0, 0.05) is 28.0 Å². The van der Waals surface area contributed by atoms with E-state index in [0.29, 0.717) is 11.2 Å². The number of unbranched alkanes of at least 4 members (excludes halogenated alkanes) is 3. The second kappa shape index (κ2) is 7.63. The van der Waals surface area contributed by atoms with Crippen LogP contribution in [-0.2, 0) is 6.42 Å². The van der Waals surface area contributed by atoms with Crippen LogP contribution in [0.25, 0.3) is 33.1 Å². The summed E-state index contributed by atoms with van der Waals surface area (Å²) < 4.78 is 24.6. The Bertz CT molecular complexity index is 1180. The van der Waals surface area contributed by atoms with Gasteiger partial charge in [0.25, 0.3) is 0 Å². The lowest BCUT2D eigenvalue weighted by molar-refractivity contribution is 0.541. The summed E-state index contributed by atoms with van der Waals surface area (Å²) in [5, 5.41) is 1.84. The molecule has 0 aliphatic heterocycles. The molecule has 0 aliphatic carbocycles. The summed E-state index contributed by atoms with van der Waals surface area (Å²) in [5.74, 6) is -0.271. The van der Waals surface area contributed by atoms with Crippen molar-refractivity contribution in [1.82, 2.24) is 0 Å². The molecule has 4 rings (SSSR count). The quantitative estimate of drug-likeness (QED) is 0.274. The third kappa shape index (κ3) is 3.35. The third-order valence-corrected chi connectivity index (χ3v) is 5.42. The van der Waals surface area contributed by atoms with Crippen molar-refractivity contribution in [3.05, 3.63) is 70.0 Å². The zero-order valence-electron chi connectivity index (χ0n) is 16.2. The Morgan fingerprint density at radius 2 is 1.75 bits per heavy atom. The molecule has 0 amide bonds. The summed E-state index contributed by atoms with van der Waals surface area (Å²) >= 11 is 0. The van der Waals surface area contributed by atoms with Crippen LogP contribution in [0.1, 0.15) is 43.7 Å². The standard InChI is InChI=1S/C24H23FO3/c1-3-4-5-6-7-18-15(2)19-12-20-21(16-8-10-17(25)11-9-16)14-27-22(20)13-23(19)28-24(18)26/h8-14H,3-7H2,1-2H3. The predicted octanol–water partition coefficient (Wildman–Crippen LogP) is 6.78. The number of halogens is 1. The fraction of sp³-hybridized carbons (Fsp3) is 0.292. The Labute approximate surface area is 162 Å². The maximum Gasteiger partial charge on any atom is 0.339 e. The monoisotopic (exact) mass is 378 g/mol. The topological polar surface area (TPSA) is 43.4 Å². The Hall–Kier alpha value is -2.88. The van der Waals surface area contributed by atoms with Crippen LogP contribution < -0.4 is 5.63 Å². The largest absolute Gasteiger partial charge is 0.464 e. The molecule has 0 radical (unpaired) electrons. The van der Waals surface area contributed by atoms with Crippen LogP contribution in [0.3, 0.4) is 0 Å². The van der Waals surface area contributed by atoms with Gasteiger partial charge in [-0.2, -0.15) is 0 Å². The molecule has 0 atom stereocenters. The molecular formula is C24H23FO3. The highest BCUT2D eigenvalue weighted by atomic mass is 19.1. The van der Waals surface area contributed by atoms with Gasteiger partial charge in [0.2, 0.25) is 0 Å². The summed E-state index contributed by atoms with van der Waals surface area (Å²) in [6, 6.07) is 10.1. The molecule has 28 heavy (non-hydrogen) atoms. The molecular weight excluding hydrogens is 355 g/mol. The molecule has 2 heterocycles. The van der Waals surface area contributed by atoms with Gasteiger partial charge in [0.1, 0.15) is 17.0 Å². The number of aryl methyl sites for hydroxylation is 1. The summed E-state index contributed by atoms with van der Waals surface area (Å²) in [6.45, 7) is 4.16. The first-order chi connectivity index (χ1) is 13.6. The molecule has 0 bridgehead atoms. The normalized spacial score (nSPS) is 11.5.